The molecule has 0 heterocycles. The van der Waals surface area contributed by atoms with Crippen LogP contribution in [0.2, 0.25) is 0 Å². The van der Waals surface area contributed by atoms with Gasteiger partial charge in [-0.25, -0.2) is 0 Å². The minimum atomic E-state index is -0.0521. The van der Waals surface area contributed by atoms with Crippen molar-refractivity contribution in [2.75, 3.05) is 13.1 Å². The van der Waals surface area contributed by atoms with Crippen molar-refractivity contribution >= 4 is 5.97 Å². The van der Waals surface area contributed by atoms with Crippen molar-refractivity contribution in [2.24, 2.45) is 0 Å². The Kier molecular flexibility index (Phi) is 13.4. The molecule has 0 aliphatic rings. The number of rotatable bonds is 13. The highest BCUT2D eigenvalue weighted by molar-refractivity contribution is 5.68. The van der Waals surface area contributed by atoms with E-state index in [0.717, 1.165) is 51.6 Å². The lowest BCUT2D eigenvalue weighted by Gasteiger charge is -2.20. The Hall–Kier alpha value is -0.570. The minimum Gasteiger partial charge on any atom is -0.368 e. The van der Waals surface area contributed by atoms with E-state index in [4.69, 9.17) is 4.84 Å². The molecule has 0 N–H and O–H groups in total. The molecule has 114 valence electrons. The van der Waals surface area contributed by atoms with Crippen molar-refractivity contribution in [3.63, 3.8) is 0 Å². The fraction of sp³-hybridized carbons (Fsp3) is 0.938. The zero-order valence-corrected chi connectivity index (χ0v) is 13.2. The number of carbonyl (C=O) groups is 1. The van der Waals surface area contributed by atoms with Crippen LogP contribution in [0, 0.1) is 0 Å². The summed E-state index contributed by atoms with van der Waals surface area (Å²) in [4.78, 5) is 17.2. The summed E-state index contributed by atoms with van der Waals surface area (Å²) in [5.74, 6) is -0.0521. The largest absolute Gasteiger partial charge is 0.368 e. The average Bonchev–Trinajstić information content (AvgIpc) is 2.41. The van der Waals surface area contributed by atoms with Gasteiger partial charge in [0.25, 0.3) is 0 Å². The third-order valence-corrected chi connectivity index (χ3v) is 3.24. The molecular formula is C16H33NO2. The zero-order valence-electron chi connectivity index (χ0n) is 13.2. The van der Waals surface area contributed by atoms with Crippen LogP contribution in [0.5, 0.6) is 0 Å². The standard InChI is InChI=1S/C16H33NO2/c1-4-7-10-11-12-13-16(18)19-17(14-8-5-2)15-9-6-3/h4-15H2,1-3H3. The number of hydrogen-bond donors (Lipinski definition) is 0. The fourth-order valence-electron chi connectivity index (χ4n) is 1.93. The average molecular weight is 271 g/mol. The van der Waals surface area contributed by atoms with Gasteiger partial charge in [-0.05, 0) is 19.3 Å². The molecule has 0 saturated carbocycles. The monoisotopic (exact) mass is 271 g/mol. The van der Waals surface area contributed by atoms with Gasteiger partial charge in [0.05, 0.1) is 0 Å². The molecule has 0 amide bonds. The van der Waals surface area contributed by atoms with Gasteiger partial charge in [-0.3, -0.25) is 4.79 Å². The smallest absolute Gasteiger partial charge is 0.325 e. The maximum atomic E-state index is 11.7. The molecule has 0 saturated heterocycles. The maximum absolute atomic E-state index is 11.7. The number of hydrogen-bond acceptors (Lipinski definition) is 3. The molecule has 0 spiro atoms. The van der Waals surface area contributed by atoms with Crippen LogP contribution in [0.15, 0.2) is 0 Å². The number of nitrogens with zero attached hydrogens (tertiary/aromatic N) is 1. The van der Waals surface area contributed by atoms with Crippen molar-refractivity contribution < 1.29 is 9.63 Å². The van der Waals surface area contributed by atoms with Gasteiger partial charge in [0, 0.05) is 19.5 Å². The van der Waals surface area contributed by atoms with Crippen molar-refractivity contribution in [3.05, 3.63) is 0 Å². The van der Waals surface area contributed by atoms with Crippen molar-refractivity contribution in [1.29, 1.82) is 0 Å². The Morgan fingerprint density at radius 2 is 1.32 bits per heavy atom. The van der Waals surface area contributed by atoms with Crippen LogP contribution < -0.4 is 0 Å². The van der Waals surface area contributed by atoms with E-state index in [1.165, 1.54) is 19.3 Å². The van der Waals surface area contributed by atoms with Gasteiger partial charge in [-0.2, -0.15) is 0 Å². The summed E-state index contributed by atoms with van der Waals surface area (Å²) in [6.45, 7) is 8.27. The highest BCUT2D eigenvalue weighted by Gasteiger charge is 2.10. The summed E-state index contributed by atoms with van der Waals surface area (Å²) in [5, 5.41) is 1.86. The summed E-state index contributed by atoms with van der Waals surface area (Å²) in [5.41, 5.74) is 0. The second-order valence-electron chi connectivity index (χ2n) is 5.26. The van der Waals surface area contributed by atoms with Gasteiger partial charge in [-0.15, -0.1) is 5.06 Å². The fourth-order valence-corrected chi connectivity index (χ4v) is 1.93. The van der Waals surface area contributed by atoms with E-state index < -0.39 is 0 Å². The summed E-state index contributed by atoms with van der Waals surface area (Å²) < 4.78 is 0. The van der Waals surface area contributed by atoms with Crippen LogP contribution >= 0.6 is 0 Å². The predicted octanol–water partition coefficient (Wildman–Crippen LogP) is 4.71. The third kappa shape index (κ3) is 12.2. The molecule has 0 rings (SSSR count). The Morgan fingerprint density at radius 3 is 1.84 bits per heavy atom. The van der Waals surface area contributed by atoms with E-state index in [2.05, 4.69) is 20.8 Å². The van der Waals surface area contributed by atoms with Crippen LogP contribution in [-0.4, -0.2) is 24.1 Å². The first-order chi connectivity index (χ1) is 9.24. The van der Waals surface area contributed by atoms with Crippen molar-refractivity contribution in [2.45, 2.75) is 85.0 Å². The van der Waals surface area contributed by atoms with E-state index in [1.54, 1.807) is 0 Å². The first kappa shape index (κ1) is 18.4. The summed E-state index contributed by atoms with van der Waals surface area (Å²) in [6, 6.07) is 0. The summed E-state index contributed by atoms with van der Waals surface area (Å²) in [6.07, 6.45) is 10.9. The maximum Gasteiger partial charge on any atom is 0.325 e. The van der Waals surface area contributed by atoms with E-state index in [-0.39, 0.29) is 5.97 Å². The van der Waals surface area contributed by atoms with Crippen LogP contribution in [0.3, 0.4) is 0 Å². The van der Waals surface area contributed by atoms with Gasteiger partial charge < -0.3 is 4.84 Å². The normalized spacial score (nSPS) is 10.9. The lowest BCUT2D eigenvalue weighted by molar-refractivity contribution is -0.191. The molecule has 19 heavy (non-hydrogen) atoms. The van der Waals surface area contributed by atoms with E-state index >= 15 is 0 Å². The van der Waals surface area contributed by atoms with E-state index in [0.29, 0.717) is 6.42 Å². The molecule has 0 aromatic carbocycles. The van der Waals surface area contributed by atoms with Crippen LogP contribution in [0.1, 0.15) is 85.0 Å². The molecule has 0 radical (unpaired) electrons. The van der Waals surface area contributed by atoms with Crippen LogP contribution in [0.25, 0.3) is 0 Å². The lowest BCUT2D eigenvalue weighted by Crippen LogP contribution is -2.29. The first-order valence-electron chi connectivity index (χ1n) is 8.20. The Balaban J connectivity index is 3.74. The molecule has 3 nitrogen and oxygen atoms in total. The minimum absolute atomic E-state index is 0.0521. The third-order valence-electron chi connectivity index (χ3n) is 3.24. The molecular weight excluding hydrogens is 238 g/mol. The highest BCUT2D eigenvalue weighted by atomic mass is 16.7. The molecule has 3 heteroatoms. The predicted molar refractivity (Wildman–Crippen MR) is 80.9 cm³/mol. The number of carbonyl (C=O) groups excluding carboxylic acids is 1. The Labute approximate surface area is 119 Å². The van der Waals surface area contributed by atoms with E-state index in [1.807, 2.05) is 5.06 Å². The van der Waals surface area contributed by atoms with Crippen LogP contribution in [0.4, 0.5) is 0 Å². The van der Waals surface area contributed by atoms with E-state index in [9.17, 15) is 4.79 Å². The first-order valence-corrected chi connectivity index (χ1v) is 8.20. The molecule has 0 atom stereocenters. The molecule has 0 unspecified atom stereocenters. The van der Waals surface area contributed by atoms with Gasteiger partial charge in [0.1, 0.15) is 0 Å². The second-order valence-corrected chi connectivity index (χ2v) is 5.26. The molecule has 0 aliphatic heterocycles. The van der Waals surface area contributed by atoms with Gasteiger partial charge >= 0.3 is 5.97 Å². The van der Waals surface area contributed by atoms with Gasteiger partial charge in [-0.1, -0.05) is 59.3 Å². The van der Waals surface area contributed by atoms with Crippen molar-refractivity contribution in [3.8, 4) is 0 Å². The zero-order chi connectivity index (χ0) is 14.3. The Morgan fingerprint density at radius 1 is 0.789 bits per heavy atom. The van der Waals surface area contributed by atoms with Crippen molar-refractivity contribution in [1.82, 2.24) is 5.06 Å². The quantitative estimate of drug-likeness (QED) is 0.359. The Bertz CT molecular complexity index is 199. The summed E-state index contributed by atoms with van der Waals surface area (Å²) >= 11 is 0. The highest BCUT2D eigenvalue weighted by Crippen LogP contribution is 2.07. The lowest BCUT2D eigenvalue weighted by atomic mass is 10.1. The topological polar surface area (TPSA) is 29.5 Å². The number of hydroxylamine groups is 2. The van der Waals surface area contributed by atoms with Gasteiger partial charge in [0.15, 0.2) is 0 Å². The molecule has 0 aliphatic carbocycles. The molecule has 0 bridgehead atoms. The number of unbranched alkanes of at least 4 members (excludes halogenated alkanes) is 6. The summed E-state index contributed by atoms with van der Waals surface area (Å²) in [7, 11) is 0. The SMILES string of the molecule is CCCCCCCC(=O)ON(CCCC)CCCC. The molecule has 0 aromatic heterocycles. The molecule has 0 fully saturated rings. The second kappa shape index (κ2) is 13.9. The van der Waals surface area contributed by atoms with Crippen LogP contribution in [-0.2, 0) is 9.63 Å². The molecule has 0 aromatic rings. The van der Waals surface area contributed by atoms with Gasteiger partial charge in [0.2, 0.25) is 0 Å².